The average molecular weight is 439 g/mol. The Kier molecular flexibility index (Phi) is 5.94. The average Bonchev–Trinajstić information content (AvgIpc) is 3.13. The van der Waals surface area contributed by atoms with Crippen LogP contribution in [-0.2, 0) is 9.53 Å². The number of rotatable bonds is 5. The van der Waals surface area contributed by atoms with Crippen LogP contribution in [-0.4, -0.2) is 32.3 Å². The van der Waals surface area contributed by atoms with E-state index in [4.69, 9.17) is 14.2 Å². The molecule has 1 heterocycles. The smallest absolute Gasteiger partial charge is 0.338 e. The summed E-state index contributed by atoms with van der Waals surface area (Å²) in [5.74, 6) is 0.662. The lowest BCUT2D eigenvalue weighted by atomic mass is 9.94. The lowest BCUT2D eigenvalue weighted by molar-refractivity contribution is -0.144. The fraction of sp³-hybridized carbons (Fsp3) is 0.474. The van der Waals surface area contributed by atoms with Gasteiger partial charge in [-0.05, 0) is 60.7 Å². The molecule has 8 heteroatoms. The minimum Gasteiger partial charge on any atom is -0.496 e. The summed E-state index contributed by atoms with van der Waals surface area (Å²) in [6, 6.07) is 2.40. The van der Waals surface area contributed by atoms with Crippen LogP contribution in [0.15, 0.2) is 27.9 Å². The second-order valence-electron chi connectivity index (χ2n) is 6.61. The highest BCUT2D eigenvalue weighted by molar-refractivity contribution is 9.10. The Hall–Kier alpha value is -2.22. The van der Waals surface area contributed by atoms with E-state index in [0.29, 0.717) is 32.8 Å². The van der Waals surface area contributed by atoms with Gasteiger partial charge < -0.3 is 24.8 Å². The highest BCUT2D eigenvalue weighted by Crippen LogP contribution is 2.40. The maximum Gasteiger partial charge on any atom is 0.338 e. The molecule has 0 aromatic heterocycles. The van der Waals surface area contributed by atoms with Crippen LogP contribution in [0.3, 0.4) is 0 Å². The van der Waals surface area contributed by atoms with Crippen molar-refractivity contribution in [3.63, 3.8) is 0 Å². The molecule has 3 rings (SSSR count). The van der Waals surface area contributed by atoms with Crippen LogP contribution >= 0.6 is 15.9 Å². The van der Waals surface area contributed by atoms with Crippen LogP contribution in [0.25, 0.3) is 0 Å². The van der Waals surface area contributed by atoms with Gasteiger partial charge >= 0.3 is 12.0 Å². The van der Waals surface area contributed by atoms with E-state index in [2.05, 4.69) is 26.6 Å². The molecule has 0 unspecified atom stereocenters. The molecule has 1 aliphatic carbocycles. The Bertz CT molecular complexity index is 787. The minimum absolute atomic E-state index is 0.0718. The number of hydrogen-bond acceptors (Lipinski definition) is 5. The molecule has 0 bridgehead atoms. The molecule has 2 N–H and O–H groups in total. The maximum absolute atomic E-state index is 12.9. The molecule has 2 amide bonds. The number of allylic oxidation sites excluding steroid dienone is 1. The quantitative estimate of drug-likeness (QED) is 0.686. The number of methoxy groups -OCH3 is 2. The molecule has 0 radical (unpaired) electrons. The number of carbonyl (C=O) groups excluding carboxylic acids is 2. The summed E-state index contributed by atoms with van der Waals surface area (Å²) in [6.45, 7) is 1.69. The zero-order valence-electron chi connectivity index (χ0n) is 15.6. The molecule has 0 saturated heterocycles. The van der Waals surface area contributed by atoms with E-state index < -0.39 is 12.0 Å². The first kappa shape index (κ1) is 19.5. The maximum atomic E-state index is 12.9. The second kappa shape index (κ2) is 8.21. The largest absolute Gasteiger partial charge is 0.496 e. The van der Waals surface area contributed by atoms with Gasteiger partial charge in [0.2, 0.25) is 0 Å². The van der Waals surface area contributed by atoms with E-state index in [0.717, 1.165) is 25.7 Å². The normalized spacial score (nSPS) is 20.1. The summed E-state index contributed by atoms with van der Waals surface area (Å²) in [5.41, 5.74) is 1.45. The highest BCUT2D eigenvalue weighted by atomic mass is 79.9. The molecule has 7 nitrogen and oxygen atoms in total. The summed E-state index contributed by atoms with van der Waals surface area (Å²) in [5, 5.41) is 5.46. The predicted molar refractivity (Wildman–Crippen MR) is 103 cm³/mol. The van der Waals surface area contributed by atoms with Crippen molar-refractivity contribution in [3.8, 4) is 11.5 Å². The number of carbonyl (C=O) groups is 2. The Balaban J connectivity index is 2.02. The van der Waals surface area contributed by atoms with Gasteiger partial charge in [-0.25, -0.2) is 9.59 Å². The number of amides is 2. The van der Waals surface area contributed by atoms with Crippen LogP contribution in [0.1, 0.15) is 44.2 Å². The number of esters is 1. The fourth-order valence-electron chi connectivity index (χ4n) is 3.53. The van der Waals surface area contributed by atoms with Crippen LogP contribution < -0.4 is 20.1 Å². The summed E-state index contributed by atoms with van der Waals surface area (Å²) in [4.78, 5) is 25.0. The van der Waals surface area contributed by atoms with Gasteiger partial charge in [-0.1, -0.05) is 0 Å². The van der Waals surface area contributed by atoms with E-state index in [1.54, 1.807) is 26.2 Å². The predicted octanol–water partition coefficient (Wildman–Crippen LogP) is 3.58. The summed E-state index contributed by atoms with van der Waals surface area (Å²) in [6.07, 6.45) is 3.80. The molecule has 1 aromatic carbocycles. The van der Waals surface area contributed by atoms with Gasteiger partial charge in [0.1, 0.15) is 17.6 Å². The molecule has 1 fully saturated rings. The summed E-state index contributed by atoms with van der Waals surface area (Å²) < 4.78 is 17.3. The molecular weight excluding hydrogens is 416 g/mol. The molecular formula is C19H23BrN2O5. The molecule has 1 atom stereocenters. The molecule has 146 valence electrons. The van der Waals surface area contributed by atoms with Crippen molar-refractivity contribution >= 4 is 27.9 Å². The van der Waals surface area contributed by atoms with E-state index in [-0.39, 0.29) is 12.1 Å². The molecule has 1 saturated carbocycles. The number of urea groups is 1. The third-order valence-corrected chi connectivity index (χ3v) is 5.50. The summed E-state index contributed by atoms with van der Waals surface area (Å²) >= 11 is 3.42. The van der Waals surface area contributed by atoms with Crippen molar-refractivity contribution in [2.75, 3.05) is 14.2 Å². The first-order valence-electron chi connectivity index (χ1n) is 8.85. The molecule has 27 heavy (non-hydrogen) atoms. The minimum atomic E-state index is -0.704. The Morgan fingerprint density at radius 3 is 2.44 bits per heavy atom. The van der Waals surface area contributed by atoms with Gasteiger partial charge in [-0.15, -0.1) is 0 Å². The standard InChI is InChI=1S/C19H23BrN2O5/c1-10-16(18(23)27-11-6-4-5-7-11)17(22-19(24)21-10)12-8-15(26-3)13(20)9-14(12)25-2/h8-9,11,17H,4-7H2,1-3H3,(H2,21,22,24)/t17-/m1/s1. The number of hydrogen-bond donors (Lipinski definition) is 2. The molecule has 1 aliphatic heterocycles. The van der Waals surface area contributed by atoms with Gasteiger partial charge in [0.15, 0.2) is 0 Å². The van der Waals surface area contributed by atoms with Gasteiger partial charge in [0, 0.05) is 11.3 Å². The number of halogens is 1. The lowest BCUT2D eigenvalue weighted by Crippen LogP contribution is -2.45. The van der Waals surface area contributed by atoms with Crippen LogP contribution in [0, 0.1) is 0 Å². The number of benzene rings is 1. The van der Waals surface area contributed by atoms with Crippen LogP contribution in [0.2, 0.25) is 0 Å². The van der Waals surface area contributed by atoms with E-state index >= 15 is 0 Å². The third-order valence-electron chi connectivity index (χ3n) is 4.88. The first-order chi connectivity index (χ1) is 12.9. The van der Waals surface area contributed by atoms with Crippen molar-refractivity contribution in [2.45, 2.75) is 44.8 Å². The van der Waals surface area contributed by atoms with E-state index in [1.807, 2.05) is 0 Å². The van der Waals surface area contributed by atoms with Gasteiger partial charge in [-0.3, -0.25) is 0 Å². The second-order valence-corrected chi connectivity index (χ2v) is 7.46. The van der Waals surface area contributed by atoms with Crippen molar-refractivity contribution in [1.29, 1.82) is 0 Å². The molecule has 0 spiro atoms. The van der Waals surface area contributed by atoms with Crippen molar-refractivity contribution in [1.82, 2.24) is 10.6 Å². The van der Waals surface area contributed by atoms with Gasteiger partial charge in [0.25, 0.3) is 0 Å². The van der Waals surface area contributed by atoms with Crippen LogP contribution in [0.4, 0.5) is 4.79 Å². The van der Waals surface area contributed by atoms with Crippen LogP contribution in [0.5, 0.6) is 11.5 Å². The SMILES string of the molecule is COc1cc([C@H]2NC(=O)NC(C)=C2C(=O)OC2CCCC2)c(OC)cc1Br. The molecule has 2 aliphatic rings. The highest BCUT2D eigenvalue weighted by Gasteiger charge is 2.35. The first-order valence-corrected chi connectivity index (χ1v) is 9.64. The van der Waals surface area contributed by atoms with Gasteiger partial charge in [-0.2, -0.15) is 0 Å². The summed E-state index contributed by atoms with van der Waals surface area (Å²) in [7, 11) is 3.08. The van der Waals surface area contributed by atoms with Crippen molar-refractivity contribution in [3.05, 3.63) is 33.4 Å². The zero-order valence-corrected chi connectivity index (χ0v) is 17.1. The van der Waals surface area contributed by atoms with Crippen molar-refractivity contribution < 1.29 is 23.8 Å². The Morgan fingerprint density at radius 1 is 1.15 bits per heavy atom. The number of nitrogens with one attached hydrogen (secondary N) is 2. The fourth-order valence-corrected chi connectivity index (χ4v) is 4.01. The zero-order chi connectivity index (χ0) is 19.6. The molecule has 1 aromatic rings. The Labute approximate surface area is 166 Å². The lowest BCUT2D eigenvalue weighted by Gasteiger charge is -2.30. The number of ether oxygens (including phenoxy) is 3. The van der Waals surface area contributed by atoms with Gasteiger partial charge in [0.05, 0.1) is 30.3 Å². The van der Waals surface area contributed by atoms with E-state index in [9.17, 15) is 9.59 Å². The topological polar surface area (TPSA) is 85.9 Å². The monoisotopic (exact) mass is 438 g/mol. The van der Waals surface area contributed by atoms with E-state index in [1.165, 1.54) is 7.11 Å². The Morgan fingerprint density at radius 2 is 1.81 bits per heavy atom. The van der Waals surface area contributed by atoms with Crippen molar-refractivity contribution in [2.24, 2.45) is 0 Å². The third kappa shape index (κ3) is 4.05.